The molecule has 2 rings (SSSR count). The molecule has 0 aliphatic heterocycles. The Bertz CT molecular complexity index is 407. The van der Waals surface area contributed by atoms with Crippen LogP contribution in [0.15, 0.2) is 18.2 Å². The molecule has 0 heterocycles. The summed E-state index contributed by atoms with van der Waals surface area (Å²) in [5.74, 6) is -2.21. The van der Waals surface area contributed by atoms with Crippen LogP contribution < -0.4 is 0 Å². The number of hydrogen-bond donors (Lipinski definition) is 1. The van der Waals surface area contributed by atoms with Gasteiger partial charge in [0.25, 0.3) is 5.78 Å². The Hall–Kier alpha value is -1.64. The van der Waals surface area contributed by atoms with E-state index in [1.54, 1.807) is 12.1 Å². The molecule has 14 heavy (non-hydrogen) atoms. The van der Waals surface area contributed by atoms with Gasteiger partial charge in [-0.05, 0) is 36.5 Å². The standard InChI is InChI=1S/C11H10O3/c12-10(11(13)14)9-5-4-7-2-1-3-8(7)6-9/h4-6H,1-3H2,(H,13,14). The SMILES string of the molecule is O=C(O)C(=O)c1ccc2c(c1)CCC2. The van der Waals surface area contributed by atoms with E-state index in [1.807, 2.05) is 6.07 Å². The summed E-state index contributed by atoms with van der Waals surface area (Å²) in [5.41, 5.74) is 2.65. The Labute approximate surface area is 81.4 Å². The van der Waals surface area contributed by atoms with E-state index in [0.717, 1.165) is 24.8 Å². The molecule has 1 aliphatic rings. The molecule has 1 aliphatic carbocycles. The van der Waals surface area contributed by atoms with Crippen molar-refractivity contribution in [1.29, 1.82) is 0 Å². The first-order valence-corrected chi connectivity index (χ1v) is 4.58. The molecule has 0 spiro atoms. The average Bonchev–Trinajstić information content (AvgIpc) is 2.62. The van der Waals surface area contributed by atoms with Crippen LogP contribution in [0.3, 0.4) is 0 Å². The van der Waals surface area contributed by atoms with Crippen LogP contribution in [0.2, 0.25) is 0 Å². The number of carbonyl (C=O) groups excluding carboxylic acids is 1. The van der Waals surface area contributed by atoms with Gasteiger partial charge < -0.3 is 5.11 Å². The second kappa shape index (κ2) is 3.25. The van der Waals surface area contributed by atoms with Gasteiger partial charge in [0.15, 0.2) is 0 Å². The van der Waals surface area contributed by atoms with Crippen LogP contribution in [0.1, 0.15) is 27.9 Å². The van der Waals surface area contributed by atoms with Gasteiger partial charge in [0.05, 0.1) is 0 Å². The fraction of sp³-hybridized carbons (Fsp3) is 0.273. The number of aliphatic carboxylic acids is 1. The third kappa shape index (κ3) is 1.41. The summed E-state index contributed by atoms with van der Waals surface area (Å²) in [6.07, 6.45) is 3.09. The number of rotatable bonds is 2. The number of aryl methyl sites for hydroxylation is 2. The van der Waals surface area contributed by atoms with Gasteiger partial charge in [0.2, 0.25) is 0 Å². The van der Waals surface area contributed by atoms with Crippen molar-refractivity contribution in [2.45, 2.75) is 19.3 Å². The number of fused-ring (bicyclic) bond motifs is 1. The van der Waals surface area contributed by atoms with E-state index in [9.17, 15) is 9.59 Å². The number of Topliss-reactive ketones (excluding diaryl/α,β-unsaturated/α-hetero) is 1. The zero-order valence-corrected chi connectivity index (χ0v) is 7.62. The van der Waals surface area contributed by atoms with Crippen molar-refractivity contribution in [3.05, 3.63) is 34.9 Å². The van der Waals surface area contributed by atoms with Gasteiger partial charge in [-0.1, -0.05) is 12.1 Å². The van der Waals surface area contributed by atoms with E-state index in [4.69, 9.17) is 5.11 Å². The summed E-state index contributed by atoms with van der Waals surface area (Å²) >= 11 is 0. The second-order valence-electron chi connectivity index (χ2n) is 3.47. The highest BCUT2D eigenvalue weighted by atomic mass is 16.4. The lowest BCUT2D eigenvalue weighted by atomic mass is 10.0. The topological polar surface area (TPSA) is 54.4 Å². The largest absolute Gasteiger partial charge is 0.475 e. The molecular formula is C11H10O3. The fourth-order valence-corrected chi connectivity index (χ4v) is 1.84. The zero-order chi connectivity index (χ0) is 10.1. The van der Waals surface area contributed by atoms with Crippen LogP contribution in [0.5, 0.6) is 0 Å². The third-order valence-corrected chi connectivity index (χ3v) is 2.55. The first-order valence-electron chi connectivity index (χ1n) is 4.58. The number of ketones is 1. The number of carboxylic acids is 1. The van der Waals surface area contributed by atoms with Gasteiger partial charge in [0, 0.05) is 5.56 Å². The highest BCUT2D eigenvalue weighted by Gasteiger charge is 2.17. The second-order valence-corrected chi connectivity index (χ2v) is 3.47. The molecule has 0 atom stereocenters. The van der Waals surface area contributed by atoms with Gasteiger partial charge in [0.1, 0.15) is 0 Å². The molecule has 0 unspecified atom stereocenters. The van der Waals surface area contributed by atoms with Gasteiger partial charge in [-0.15, -0.1) is 0 Å². The Morgan fingerprint density at radius 2 is 1.86 bits per heavy atom. The first kappa shape index (κ1) is 8.94. The Balaban J connectivity index is 2.38. The molecule has 3 heteroatoms. The molecule has 1 aromatic carbocycles. The summed E-state index contributed by atoms with van der Waals surface area (Å²) < 4.78 is 0. The maximum absolute atomic E-state index is 11.1. The fourth-order valence-electron chi connectivity index (χ4n) is 1.84. The van der Waals surface area contributed by atoms with E-state index in [0.29, 0.717) is 0 Å². The molecule has 0 fully saturated rings. The van der Waals surface area contributed by atoms with Crippen molar-refractivity contribution < 1.29 is 14.7 Å². The van der Waals surface area contributed by atoms with Crippen LogP contribution in [0.4, 0.5) is 0 Å². The molecule has 1 aromatic rings. The molecule has 0 amide bonds. The van der Waals surface area contributed by atoms with Gasteiger partial charge in [-0.25, -0.2) is 4.79 Å². The molecule has 0 saturated carbocycles. The van der Waals surface area contributed by atoms with Crippen molar-refractivity contribution >= 4 is 11.8 Å². The van der Waals surface area contributed by atoms with Crippen molar-refractivity contribution in [3.63, 3.8) is 0 Å². The highest BCUT2D eigenvalue weighted by Crippen LogP contribution is 2.22. The average molecular weight is 190 g/mol. The van der Waals surface area contributed by atoms with E-state index >= 15 is 0 Å². The van der Waals surface area contributed by atoms with E-state index in [1.165, 1.54) is 5.56 Å². The first-order chi connectivity index (χ1) is 6.68. The molecule has 0 saturated heterocycles. The summed E-state index contributed by atoms with van der Waals surface area (Å²) in [5, 5.41) is 8.53. The Kier molecular flexibility index (Phi) is 2.08. The highest BCUT2D eigenvalue weighted by molar-refractivity contribution is 6.39. The van der Waals surface area contributed by atoms with Crippen molar-refractivity contribution in [2.75, 3.05) is 0 Å². The summed E-state index contributed by atoms with van der Waals surface area (Å²) in [7, 11) is 0. The minimum atomic E-state index is -1.39. The quantitative estimate of drug-likeness (QED) is 0.567. The molecular weight excluding hydrogens is 180 g/mol. The van der Waals surface area contributed by atoms with Crippen LogP contribution >= 0.6 is 0 Å². The molecule has 0 radical (unpaired) electrons. The van der Waals surface area contributed by atoms with E-state index < -0.39 is 11.8 Å². The number of carbonyl (C=O) groups is 2. The van der Waals surface area contributed by atoms with Crippen molar-refractivity contribution in [3.8, 4) is 0 Å². The number of carboxylic acid groups (broad SMARTS) is 1. The molecule has 3 nitrogen and oxygen atoms in total. The normalized spacial score (nSPS) is 13.7. The molecule has 1 N–H and O–H groups in total. The van der Waals surface area contributed by atoms with E-state index in [-0.39, 0.29) is 5.56 Å². The third-order valence-electron chi connectivity index (χ3n) is 2.55. The van der Waals surface area contributed by atoms with Gasteiger partial charge in [-0.2, -0.15) is 0 Å². The number of hydrogen-bond acceptors (Lipinski definition) is 2. The zero-order valence-electron chi connectivity index (χ0n) is 7.62. The predicted octanol–water partition coefficient (Wildman–Crippen LogP) is 1.44. The minimum Gasteiger partial charge on any atom is -0.475 e. The smallest absolute Gasteiger partial charge is 0.377 e. The van der Waals surface area contributed by atoms with Gasteiger partial charge >= 0.3 is 5.97 Å². The van der Waals surface area contributed by atoms with Crippen LogP contribution in [0, 0.1) is 0 Å². The lowest BCUT2D eigenvalue weighted by Crippen LogP contribution is -2.12. The summed E-state index contributed by atoms with van der Waals surface area (Å²) in [6, 6.07) is 5.16. The minimum absolute atomic E-state index is 0.290. The Morgan fingerprint density at radius 1 is 1.14 bits per heavy atom. The molecule has 72 valence electrons. The van der Waals surface area contributed by atoms with Crippen molar-refractivity contribution in [2.24, 2.45) is 0 Å². The van der Waals surface area contributed by atoms with Crippen LogP contribution in [-0.4, -0.2) is 16.9 Å². The van der Waals surface area contributed by atoms with Gasteiger partial charge in [-0.3, -0.25) is 4.79 Å². The van der Waals surface area contributed by atoms with E-state index in [2.05, 4.69) is 0 Å². The predicted molar refractivity (Wildman–Crippen MR) is 50.4 cm³/mol. The lowest BCUT2D eigenvalue weighted by Gasteiger charge is -2.00. The summed E-state index contributed by atoms with van der Waals surface area (Å²) in [6.45, 7) is 0. The Morgan fingerprint density at radius 3 is 2.57 bits per heavy atom. The summed E-state index contributed by atoms with van der Waals surface area (Å²) in [4.78, 5) is 21.6. The molecule has 0 bridgehead atoms. The van der Waals surface area contributed by atoms with Crippen LogP contribution in [-0.2, 0) is 17.6 Å². The molecule has 0 aromatic heterocycles. The lowest BCUT2D eigenvalue weighted by molar-refractivity contribution is -0.131. The van der Waals surface area contributed by atoms with Crippen molar-refractivity contribution in [1.82, 2.24) is 0 Å². The maximum Gasteiger partial charge on any atom is 0.377 e. The maximum atomic E-state index is 11.1. The monoisotopic (exact) mass is 190 g/mol. The van der Waals surface area contributed by atoms with Crippen LogP contribution in [0.25, 0.3) is 0 Å². The number of benzene rings is 1.